The Morgan fingerprint density at radius 1 is 0.465 bits per heavy atom. The van der Waals surface area contributed by atoms with Crippen molar-refractivity contribution in [2.24, 2.45) is 0 Å². The lowest BCUT2D eigenvalue weighted by Crippen LogP contribution is -2.59. The summed E-state index contributed by atoms with van der Waals surface area (Å²) < 4.78 is -0.234. The SMILES string of the molecule is CCCCCCCCCCCCCC(=O)NCC[N+](CCNC(=O)CCCCCCCCCCC)(CC(=O)O)CC(=O)O. The van der Waals surface area contributed by atoms with E-state index in [0.29, 0.717) is 12.8 Å². The number of nitrogens with zero attached hydrogens (tertiary/aromatic N) is 1. The molecule has 0 aromatic heterocycles. The number of unbranched alkanes of at least 4 members (excludes halogenated alkanes) is 18. The number of hydrogen-bond acceptors (Lipinski definition) is 4. The summed E-state index contributed by atoms with van der Waals surface area (Å²) in [5.41, 5.74) is 0. The van der Waals surface area contributed by atoms with Crippen LogP contribution in [-0.2, 0) is 19.2 Å². The van der Waals surface area contributed by atoms with Gasteiger partial charge in [-0.15, -0.1) is 0 Å². The van der Waals surface area contributed by atoms with Gasteiger partial charge < -0.3 is 25.3 Å². The maximum absolute atomic E-state index is 12.4. The summed E-state index contributed by atoms with van der Waals surface area (Å²) in [6.07, 6.45) is 24.7. The fourth-order valence-electron chi connectivity index (χ4n) is 5.65. The largest absolute Gasteiger partial charge is 0.477 e. The fraction of sp³-hybridized carbons (Fsp3) is 0.882. The fourth-order valence-corrected chi connectivity index (χ4v) is 5.65. The molecule has 0 rings (SSSR count). The van der Waals surface area contributed by atoms with Crippen LogP contribution < -0.4 is 10.6 Å². The number of carbonyl (C=O) groups excluding carboxylic acids is 2. The van der Waals surface area contributed by atoms with Crippen molar-refractivity contribution in [1.82, 2.24) is 10.6 Å². The summed E-state index contributed by atoms with van der Waals surface area (Å²) in [5, 5.41) is 24.7. The van der Waals surface area contributed by atoms with Gasteiger partial charge in [0.05, 0.1) is 26.2 Å². The highest BCUT2D eigenvalue weighted by Crippen LogP contribution is 2.13. The van der Waals surface area contributed by atoms with Crippen LogP contribution >= 0.6 is 0 Å². The number of carboxylic acids is 2. The molecular weight excluding hydrogens is 546 g/mol. The third-order valence-electron chi connectivity index (χ3n) is 8.27. The Kier molecular flexibility index (Phi) is 27.2. The molecule has 0 radical (unpaired) electrons. The van der Waals surface area contributed by atoms with Gasteiger partial charge in [0.15, 0.2) is 13.1 Å². The third kappa shape index (κ3) is 27.1. The Balaban J connectivity index is 4.32. The van der Waals surface area contributed by atoms with Gasteiger partial charge in [0.2, 0.25) is 11.8 Å². The van der Waals surface area contributed by atoms with Crippen molar-refractivity contribution < 1.29 is 33.9 Å². The topological polar surface area (TPSA) is 133 Å². The van der Waals surface area contributed by atoms with Gasteiger partial charge in [-0.25, -0.2) is 9.59 Å². The van der Waals surface area contributed by atoms with Gasteiger partial charge in [0.25, 0.3) is 0 Å². The summed E-state index contributed by atoms with van der Waals surface area (Å²) in [6.45, 7) is 4.43. The standard InChI is InChI=1S/C34H65N3O6/c1-3-5-7-9-11-13-14-16-18-20-22-24-32(39)36-26-28-37(29-33(40)41,30-34(42)43)27-25-35-31(38)23-21-19-17-15-12-10-8-6-4-2/h3-30H2,1-2H3,(H3-,35,36,38,39,40,41,42,43)/p+1. The highest BCUT2D eigenvalue weighted by Gasteiger charge is 2.33. The molecule has 43 heavy (non-hydrogen) atoms. The maximum atomic E-state index is 12.4. The van der Waals surface area contributed by atoms with Crippen LogP contribution in [0.15, 0.2) is 0 Å². The van der Waals surface area contributed by atoms with E-state index in [1.807, 2.05) is 0 Å². The van der Waals surface area contributed by atoms with Gasteiger partial charge in [-0.2, -0.15) is 0 Å². The van der Waals surface area contributed by atoms with Crippen LogP contribution in [-0.4, -0.2) is 77.7 Å². The van der Waals surface area contributed by atoms with E-state index < -0.39 is 11.9 Å². The van der Waals surface area contributed by atoms with Crippen molar-refractivity contribution in [2.45, 2.75) is 155 Å². The van der Waals surface area contributed by atoms with Crippen LogP contribution in [0.2, 0.25) is 0 Å². The van der Waals surface area contributed by atoms with E-state index in [-0.39, 0.29) is 55.6 Å². The van der Waals surface area contributed by atoms with E-state index in [1.165, 1.54) is 89.9 Å². The lowest BCUT2D eigenvalue weighted by atomic mass is 10.1. The van der Waals surface area contributed by atoms with Crippen LogP contribution in [0.4, 0.5) is 0 Å². The molecule has 0 aliphatic rings. The molecule has 9 nitrogen and oxygen atoms in total. The average molecular weight is 613 g/mol. The first-order valence-electron chi connectivity index (χ1n) is 17.6. The number of aliphatic carboxylic acids is 2. The molecule has 0 aliphatic carbocycles. The number of rotatable bonds is 32. The van der Waals surface area contributed by atoms with Crippen molar-refractivity contribution in [2.75, 3.05) is 39.3 Å². The van der Waals surface area contributed by atoms with Gasteiger partial charge in [-0.3, -0.25) is 9.59 Å². The minimum atomic E-state index is -1.10. The monoisotopic (exact) mass is 612 g/mol. The van der Waals surface area contributed by atoms with Crippen LogP contribution in [0.25, 0.3) is 0 Å². The zero-order valence-electron chi connectivity index (χ0n) is 27.8. The Morgan fingerprint density at radius 2 is 0.744 bits per heavy atom. The second kappa shape index (κ2) is 28.6. The third-order valence-corrected chi connectivity index (χ3v) is 8.27. The average Bonchev–Trinajstić information content (AvgIpc) is 2.94. The first kappa shape index (κ1) is 40.8. The number of carbonyl (C=O) groups is 4. The molecule has 0 aromatic rings. The van der Waals surface area contributed by atoms with Gasteiger partial charge >= 0.3 is 11.9 Å². The summed E-state index contributed by atoms with van der Waals surface area (Å²) in [4.78, 5) is 47.9. The first-order chi connectivity index (χ1) is 20.7. The molecule has 0 unspecified atom stereocenters. The molecule has 252 valence electrons. The zero-order valence-corrected chi connectivity index (χ0v) is 27.8. The zero-order chi connectivity index (χ0) is 32.0. The Bertz CT molecular complexity index is 715. The van der Waals surface area contributed by atoms with E-state index in [2.05, 4.69) is 24.5 Å². The molecule has 0 fully saturated rings. The lowest BCUT2D eigenvalue weighted by Gasteiger charge is -2.36. The highest BCUT2D eigenvalue weighted by atomic mass is 16.4. The normalized spacial score (nSPS) is 11.4. The number of quaternary nitrogens is 1. The predicted molar refractivity (Wildman–Crippen MR) is 174 cm³/mol. The Morgan fingerprint density at radius 3 is 1.02 bits per heavy atom. The smallest absolute Gasteiger partial charge is 0.359 e. The van der Waals surface area contributed by atoms with Crippen molar-refractivity contribution in [3.63, 3.8) is 0 Å². The van der Waals surface area contributed by atoms with Crippen LogP contribution in [0.5, 0.6) is 0 Å². The van der Waals surface area contributed by atoms with E-state index in [4.69, 9.17) is 0 Å². The number of nitrogens with one attached hydrogen (secondary N) is 2. The highest BCUT2D eigenvalue weighted by molar-refractivity contribution is 5.76. The maximum Gasteiger partial charge on any atom is 0.359 e. The lowest BCUT2D eigenvalue weighted by molar-refractivity contribution is -0.912. The molecule has 0 saturated carbocycles. The molecule has 0 bridgehead atoms. The molecule has 0 saturated heterocycles. The van der Waals surface area contributed by atoms with E-state index >= 15 is 0 Å². The Hall–Kier alpha value is -2.16. The molecule has 0 aliphatic heterocycles. The van der Waals surface area contributed by atoms with Crippen LogP contribution in [0.1, 0.15) is 155 Å². The van der Waals surface area contributed by atoms with Crippen molar-refractivity contribution in [1.29, 1.82) is 0 Å². The number of hydrogen-bond donors (Lipinski definition) is 4. The Labute approximate surface area is 262 Å². The number of amides is 2. The summed E-state index contributed by atoms with van der Waals surface area (Å²) in [7, 11) is 0. The summed E-state index contributed by atoms with van der Waals surface area (Å²) in [5.74, 6) is -2.38. The van der Waals surface area contributed by atoms with Gasteiger partial charge in [-0.1, -0.05) is 129 Å². The summed E-state index contributed by atoms with van der Waals surface area (Å²) in [6, 6.07) is 0. The molecule has 9 heteroatoms. The van der Waals surface area contributed by atoms with Gasteiger partial charge in [-0.05, 0) is 12.8 Å². The second-order valence-electron chi connectivity index (χ2n) is 12.5. The minimum Gasteiger partial charge on any atom is -0.477 e. The summed E-state index contributed by atoms with van der Waals surface area (Å²) >= 11 is 0. The molecule has 4 N–H and O–H groups in total. The van der Waals surface area contributed by atoms with Gasteiger partial charge in [0, 0.05) is 12.8 Å². The van der Waals surface area contributed by atoms with Crippen LogP contribution in [0, 0.1) is 0 Å². The molecule has 0 aromatic carbocycles. The molecule has 0 heterocycles. The van der Waals surface area contributed by atoms with Crippen molar-refractivity contribution in [3.8, 4) is 0 Å². The number of carboxylic acid groups (broad SMARTS) is 2. The quantitative estimate of drug-likeness (QED) is 0.0486. The second-order valence-corrected chi connectivity index (χ2v) is 12.5. The molecule has 0 spiro atoms. The van der Waals surface area contributed by atoms with Gasteiger partial charge in [0.1, 0.15) is 0 Å². The van der Waals surface area contributed by atoms with Crippen molar-refractivity contribution >= 4 is 23.8 Å². The van der Waals surface area contributed by atoms with E-state index in [9.17, 15) is 29.4 Å². The van der Waals surface area contributed by atoms with E-state index in [1.54, 1.807) is 0 Å². The van der Waals surface area contributed by atoms with Crippen molar-refractivity contribution in [3.05, 3.63) is 0 Å². The van der Waals surface area contributed by atoms with Crippen LogP contribution in [0.3, 0.4) is 0 Å². The first-order valence-corrected chi connectivity index (χ1v) is 17.6. The molecule has 2 amide bonds. The van der Waals surface area contributed by atoms with E-state index in [0.717, 1.165) is 38.5 Å². The molecule has 0 atom stereocenters. The predicted octanol–water partition coefficient (Wildman–Crippen LogP) is 6.83. The molecular formula is C34H66N3O6+. The minimum absolute atomic E-state index is 0.0889.